The van der Waals surface area contributed by atoms with Gasteiger partial charge in [-0.2, -0.15) is 10.4 Å². The van der Waals surface area contributed by atoms with Crippen LogP contribution in [0.1, 0.15) is 27.5 Å². The van der Waals surface area contributed by atoms with Crippen LogP contribution in [-0.2, 0) is 7.05 Å². The fraction of sp³-hybridized carbons (Fsp3) is 0.214. The van der Waals surface area contributed by atoms with Crippen molar-refractivity contribution in [2.24, 2.45) is 7.05 Å². The van der Waals surface area contributed by atoms with E-state index in [1.54, 1.807) is 30.1 Å². The highest BCUT2D eigenvalue weighted by atomic mass is 16.1. The number of aryl methyl sites for hydroxylation is 2. The molecule has 0 fully saturated rings. The minimum absolute atomic E-state index is 0.260. The number of nitrogens with zero attached hydrogens (tertiary/aromatic N) is 3. The number of rotatable bonds is 3. The zero-order valence-corrected chi connectivity index (χ0v) is 10.3. The average Bonchev–Trinajstić information content (AvgIpc) is 2.77. The standard InChI is InChI=1S/C14H13N3O/c1-10-4-3-5-11(8-10)12(9-15)14(18)13-6-7-17(2)16-13/h3-8,12H,1-2H3. The molecule has 1 heterocycles. The van der Waals surface area contributed by atoms with Gasteiger partial charge in [0, 0.05) is 13.2 Å². The fourth-order valence-corrected chi connectivity index (χ4v) is 1.83. The van der Waals surface area contributed by atoms with E-state index < -0.39 is 5.92 Å². The quantitative estimate of drug-likeness (QED) is 0.771. The van der Waals surface area contributed by atoms with Gasteiger partial charge in [-0.25, -0.2) is 0 Å². The molecule has 4 nitrogen and oxygen atoms in total. The second-order valence-electron chi connectivity index (χ2n) is 4.22. The minimum atomic E-state index is -0.792. The smallest absolute Gasteiger partial charge is 0.204 e. The molecule has 2 aromatic rings. The zero-order valence-electron chi connectivity index (χ0n) is 10.3. The Balaban J connectivity index is 2.35. The van der Waals surface area contributed by atoms with Gasteiger partial charge in [0.1, 0.15) is 11.6 Å². The third kappa shape index (κ3) is 2.30. The molecule has 0 aliphatic heterocycles. The van der Waals surface area contributed by atoms with Crippen molar-refractivity contribution < 1.29 is 4.79 Å². The second kappa shape index (κ2) is 4.84. The van der Waals surface area contributed by atoms with Crippen molar-refractivity contribution in [3.05, 3.63) is 53.3 Å². The van der Waals surface area contributed by atoms with Crippen molar-refractivity contribution in [1.29, 1.82) is 5.26 Å². The maximum atomic E-state index is 12.2. The summed E-state index contributed by atoms with van der Waals surface area (Å²) in [7, 11) is 1.74. The number of benzene rings is 1. The summed E-state index contributed by atoms with van der Waals surface area (Å²) in [5, 5.41) is 13.2. The van der Waals surface area contributed by atoms with E-state index >= 15 is 0 Å². The van der Waals surface area contributed by atoms with Gasteiger partial charge in [0.2, 0.25) is 5.78 Å². The molecule has 0 saturated carbocycles. The van der Waals surface area contributed by atoms with E-state index in [9.17, 15) is 10.1 Å². The Bertz CT molecular complexity index is 622. The predicted octanol–water partition coefficient (Wildman–Crippen LogP) is 2.22. The molecule has 1 unspecified atom stereocenters. The number of carbonyl (C=O) groups excluding carboxylic acids is 1. The van der Waals surface area contributed by atoms with Gasteiger partial charge in [-0.15, -0.1) is 0 Å². The van der Waals surface area contributed by atoms with Gasteiger partial charge >= 0.3 is 0 Å². The lowest BCUT2D eigenvalue weighted by molar-refractivity contribution is 0.0973. The lowest BCUT2D eigenvalue weighted by atomic mass is 9.93. The van der Waals surface area contributed by atoms with Crippen LogP contribution in [0.2, 0.25) is 0 Å². The van der Waals surface area contributed by atoms with Crippen LogP contribution >= 0.6 is 0 Å². The highest BCUT2D eigenvalue weighted by Crippen LogP contribution is 2.20. The Labute approximate surface area is 105 Å². The lowest BCUT2D eigenvalue weighted by Gasteiger charge is -2.07. The van der Waals surface area contributed by atoms with Gasteiger partial charge in [0.15, 0.2) is 0 Å². The Kier molecular flexibility index (Phi) is 3.24. The first-order chi connectivity index (χ1) is 8.61. The van der Waals surface area contributed by atoms with E-state index in [4.69, 9.17) is 0 Å². The van der Waals surface area contributed by atoms with E-state index in [2.05, 4.69) is 11.2 Å². The van der Waals surface area contributed by atoms with E-state index in [0.29, 0.717) is 11.3 Å². The normalized spacial score (nSPS) is 11.8. The maximum absolute atomic E-state index is 12.2. The topological polar surface area (TPSA) is 58.7 Å². The molecule has 4 heteroatoms. The fourth-order valence-electron chi connectivity index (χ4n) is 1.83. The lowest BCUT2D eigenvalue weighted by Crippen LogP contribution is -2.12. The summed E-state index contributed by atoms with van der Waals surface area (Å²) in [6.07, 6.45) is 1.69. The second-order valence-corrected chi connectivity index (χ2v) is 4.22. The van der Waals surface area contributed by atoms with Crippen LogP contribution in [0.25, 0.3) is 0 Å². The Morgan fingerprint density at radius 2 is 2.22 bits per heavy atom. The number of Topliss-reactive ketones (excluding diaryl/α,β-unsaturated/α-hetero) is 1. The van der Waals surface area contributed by atoms with E-state index in [1.165, 1.54) is 0 Å². The SMILES string of the molecule is Cc1cccc(C(C#N)C(=O)c2ccn(C)n2)c1. The van der Waals surface area contributed by atoms with Crippen LogP contribution in [0.15, 0.2) is 36.5 Å². The highest BCUT2D eigenvalue weighted by molar-refractivity contribution is 6.01. The molecule has 0 N–H and O–H groups in total. The van der Waals surface area contributed by atoms with Crippen LogP contribution in [0.4, 0.5) is 0 Å². The van der Waals surface area contributed by atoms with Gasteiger partial charge < -0.3 is 0 Å². The van der Waals surface area contributed by atoms with Crippen molar-refractivity contribution in [3.8, 4) is 6.07 Å². The first-order valence-corrected chi connectivity index (χ1v) is 5.62. The number of aromatic nitrogens is 2. The first-order valence-electron chi connectivity index (χ1n) is 5.62. The van der Waals surface area contributed by atoms with E-state index in [1.807, 2.05) is 25.1 Å². The van der Waals surface area contributed by atoms with Crippen molar-refractivity contribution in [3.63, 3.8) is 0 Å². The molecule has 0 aliphatic carbocycles. The van der Waals surface area contributed by atoms with Gasteiger partial charge in [-0.05, 0) is 18.6 Å². The van der Waals surface area contributed by atoms with Gasteiger partial charge in [0.05, 0.1) is 6.07 Å². The summed E-state index contributed by atoms with van der Waals surface area (Å²) in [5.74, 6) is -1.05. The van der Waals surface area contributed by atoms with Crippen molar-refractivity contribution in [2.75, 3.05) is 0 Å². The molecule has 18 heavy (non-hydrogen) atoms. The molecule has 0 radical (unpaired) electrons. The minimum Gasteiger partial charge on any atom is -0.290 e. The Morgan fingerprint density at radius 1 is 1.44 bits per heavy atom. The number of carbonyl (C=O) groups is 1. The molecule has 1 aromatic carbocycles. The third-order valence-corrected chi connectivity index (χ3v) is 2.73. The van der Waals surface area contributed by atoms with Crippen LogP contribution in [0.3, 0.4) is 0 Å². The molecule has 1 aromatic heterocycles. The van der Waals surface area contributed by atoms with E-state index in [-0.39, 0.29) is 5.78 Å². The number of ketones is 1. The van der Waals surface area contributed by atoms with Gasteiger partial charge in [0.25, 0.3) is 0 Å². The summed E-state index contributed by atoms with van der Waals surface area (Å²) < 4.78 is 1.55. The predicted molar refractivity (Wildman–Crippen MR) is 67.1 cm³/mol. The molecular formula is C14H13N3O. The van der Waals surface area contributed by atoms with Crippen LogP contribution in [-0.4, -0.2) is 15.6 Å². The first kappa shape index (κ1) is 12.1. The summed E-state index contributed by atoms with van der Waals surface area (Å²) in [5.41, 5.74) is 2.07. The largest absolute Gasteiger partial charge is 0.290 e. The highest BCUT2D eigenvalue weighted by Gasteiger charge is 2.23. The summed E-state index contributed by atoms with van der Waals surface area (Å²) in [6, 6.07) is 11.1. The molecule has 1 atom stereocenters. The third-order valence-electron chi connectivity index (χ3n) is 2.73. The van der Waals surface area contributed by atoms with Crippen LogP contribution in [0, 0.1) is 18.3 Å². The number of hydrogen-bond donors (Lipinski definition) is 0. The monoisotopic (exact) mass is 239 g/mol. The molecule has 0 spiro atoms. The van der Waals surface area contributed by atoms with Gasteiger partial charge in [-0.3, -0.25) is 9.48 Å². The molecule has 0 bridgehead atoms. The van der Waals surface area contributed by atoms with Crippen LogP contribution in [0.5, 0.6) is 0 Å². The Hall–Kier alpha value is -2.41. The molecular weight excluding hydrogens is 226 g/mol. The van der Waals surface area contributed by atoms with Crippen molar-refractivity contribution in [1.82, 2.24) is 9.78 Å². The summed E-state index contributed by atoms with van der Waals surface area (Å²) in [6.45, 7) is 1.93. The zero-order chi connectivity index (χ0) is 13.1. The Morgan fingerprint density at radius 3 is 2.78 bits per heavy atom. The van der Waals surface area contributed by atoms with Crippen molar-refractivity contribution >= 4 is 5.78 Å². The summed E-state index contributed by atoms with van der Waals surface area (Å²) in [4.78, 5) is 12.2. The molecule has 0 amide bonds. The van der Waals surface area contributed by atoms with Crippen molar-refractivity contribution in [2.45, 2.75) is 12.8 Å². The average molecular weight is 239 g/mol. The number of hydrogen-bond acceptors (Lipinski definition) is 3. The number of nitriles is 1. The molecule has 90 valence electrons. The van der Waals surface area contributed by atoms with E-state index in [0.717, 1.165) is 5.56 Å². The molecule has 0 saturated heterocycles. The maximum Gasteiger partial charge on any atom is 0.204 e. The molecule has 2 rings (SSSR count). The van der Waals surface area contributed by atoms with Crippen LogP contribution < -0.4 is 0 Å². The van der Waals surface area contributed by atoms with Gasteiger partial charge in [-0.1, -0.05) is 29.8 Å². The summed E-state index contributed by atoms with van der Waals surface area (Å²) >= 11 is 0. The molecule has 0 aliphatic rings.